The SMILES string of the molecule is CCCCCCCc1ccc(C(=C(c2ccc(CCCCCCC)s2)c2ccc(CCCCCCC)s2)c2ccc(CCCCCCC)s2)s1. The van der Waals surface area contributed by atoms with Crippen molar-refractivity contribution in [3.8, 4) is 0 Å². The molecule has 0 nitrogen and oxygen atoms in total. The van der Waals surface area contributed by atoms with E-state index in [1.165, 1.54) is 185 Å². The van der Waals surface area contributed by atoms with Gasteiger partial charge in [0.05, 0.1) is 0 Å². The van der Waals surface area contributed by atoms with Gasteiger partial charge < -0.3 is 0 Å². The van der Waals surface area contributed by atoms with Crippen LogP contribution in [0.4, 0.5) is 0 Å². The van der Waals surface area contributed by atoms with Crippen molar-refractivity contribution >= 4 is 56.5 Å². The average Bonchev–Trinajstić information content (AvgIpc) is 3.96. The molecule has 0 unspecified atom stereocenters. The molecule has 0 saturated carbocycles. The van der Waals surface area contributed by atoms with Gasteiger partial charge in [-0.25, -0.2) is 0 Å². The van der Waals surface area contributed by atoms with Crippen LogP contribution in [-0.2, 0) is 25.7 Å². The van der Waals surface area contributed by atoms with Crippen molar-refractivity contribution in [1.82, 2.24) is 0 Å². The first-order valence-corrected chi connectivity index (χ1v) is 24.0. The molecule has 0 aromatic carbocycles. The van der Waals surface area contributed by atoms with E-state index in [0.717, 1.165) is 0 Å². The molecule has 0 saturated heterocycles. The van der Waals surface area contributed by atoms with E-state index in [9.17, 15) is 0 Å². The Kier molecular flexibility index (Phi) is 20.4. The van der Waals surface area contributed by atoms with E-state index in [0.29, 0.717) is 0 Å². The highest BCUT2D eigenvalue weighted by Crippen LogP contribution is 2.45. The Morgan fingerprint density at radius 1 is 0.300 bits per heavy atom. The van der Waals surface area contributed by atoms with Gasteiger partial charge in [0.15, 0.2) is 0 Å². The minimum absolute atomic E-state index is 1.22. The average molecular weight is 749 g/mol. The third-order valence-corrected chi connectivity index (χ3v) is 14.6. The second-order valence-electron chi connectivity index (χ2n) is 14.5. The molecule has 0 fully saturated rings. The molecule has 0 amide bonds. The maximum Gasteiger partial charge on any atom is 0.0366 e. The fraction of sp³-hybridized carbons (Fsp3) is 0.609. The van der Waals surface area contributed by atoms with E-state index in [2.05, 4.69) is 122 Å². The lowest BCUT2D eigenvalue weighted by atomic mass is 10.0. The minimum Gasteiger partial charge on any atom is -0.140 e. The van der Waals surface area contributed by atoms with Crippen molar-refractivity contribution < 1.29 is 0 Å². The van der Waals surface area contributed by atoms with E-state index in [4.69, 9.17) is 0 Å². The molecule has 4 heterocycles. The van der Waals surface area contributed by atoms with Crippen LogP contribution in [-0.4, -0.2) is 0 Å². The van der Waals surface area contributed by atoms with Crippen molar-refractivity contribution in [1.29, 1.82) is 0 Å². The van der Waals surface area contributed by atoms with E-state index < -0.39 is 0 Å². The zero-order valence-corrected chi connectivity index (χ0v) is 35.5. The second kappa shape index (κ2) is 24.7. The topological polar surface area (TPSA) is 0 Å². The number of aryl methyl sites for hydroxylation is 4. The number of unbranched alkanes of at least 4 members (excludes halogenated alkanes) is 16. The lowest BCUT2D eigenvalue weighted by Crippen LogP contribution is -1.90. The van der Waals surface area contributed by atoms with Crippen molar-refractivity contribution in [2.45, 2.75) is 182 Å². The van der Waals surface area contributed by atoms with Crippen LogP contribution in [0.2, 0.25) is 0 Å². The monoisotopic (exact) mass is 748 g/mol. The summed E-state index contributed by atoms with van der Waals surface area (Å²) in [4.78, 5) is 12.1. The fourth-order valence-electron chi connectivity index (χ4n) is 6.93. The Bertz CT molecular complexity index is 1250. The van der Waals surface area contributed by atoms with Crippen LogP contribution < -0.4 is 0 Å². The van der Waals surface area contributed by atoms with Crippen LogP contribution in [0, 0.1) is 0 Å². The zero-order valence-electron chi connectivity index (χ0n) is 32.2. The number of hydrogen-bond acceptors (Lipinski definition) is 4. The highest BCUT2D eigenvalue weighted by Gasteiger charge is 2.22. The third kappa shape index (κ3) is 14.2. The number of rotatable bonds is 28. The normalized spacial score (nSPS) is 11.5. The Labute approximate surface area is 323 Å². The lowest BCUT2D eigenvalue weighted by molar-refractivity contribution is 0.634. The smallest absolute Gasteiger partial charge is 0.0366 e. The van der Waals surface area contributed by atoms with Crippen molar-refractivity contribution in [2.24, 2.45) is 0 Å². The molecule has 0 aliphatic rings. The molecular formula is C46H68S4. The van der Waals surface area contributed by atoms with Crippen molar-refractivity contribution in [2.75, 3.05) is 0 Å². The largest absolute Gasteiger partial charge is 0.140 e. The van der Waals surface area contributed by atoms with Gasteiger partial charge >= 0.3 is 0 Å². The molecule has 4 rings (SSSR count). The predicted octanol–water partition coefficient (Wildman–Crippen LogP) is 17.0. The third-order valence-electron chi connectivity index (χ3n) is 9.99. The van der Waals surface area contributed by atoms with Crippen LogP contribution in [0.1, 0.15) is 195 Å². The Balaban J connectivity index is 1.70. The molecular weight excluding hydrogens is 681 g/mol. The molecule has 4 aromatic heterocycles. The Morgan fingerprint density at radius 2 is 0.520 bits per heavy atom. The van der Waals surface area contributed by atoms with Gasteiger partial charge in [-0.3, -0.25) is 0 Å². The van der Waals surface area contributed by atoms with Gasteiger partial charge in [-0.1, -0.05) is 130 Å². The molecule has 4 aromatic rings. The molecule has 0 spiro atoms. The van der Waals surface area contributed by atoms with Crippen LogP contribution in [0.3, 0.4) is 0 Å². The summed E-state index contributed by atoms with van der Waals surface area (Å²) in [6.45, 7) is 9.25. The summed E-state index contributed by atoms with van der Waals surface area (Å²) in [5.74, 6) is 0. The summed E-state index contributed by atoms with van der Waals surface area (Å²) >= 11 is 8.27. The lowest BCUT2D eigenvalue weighted by Gasteiger charge is -2.12. The summed E-state index contributed by atoms with van der Waals surface area (Å²) in [5.41, 5.74) is 2.98. The van der Waals surface area contributed by atoms with Gasteiger partial charge in [-0.05, 0) is 99.9 Å². The summed E-state index contributed by atoms with van der Waals surface area (Å²) in [6, 6.07) is 19.7. The highest BCUT2D eigenvalue weighted by molar-refractivity contribution is 7.18. The number of thiophene rings is 4. The van der Waals surface area contributed by atoms with E-state index >= 15 is 0 Å². The number of hydrogen-bond donors (Lipinski definition) is 0. The summed E-state index contributed by atoms with van der Waals surface area (Å²) < 4.78 is 0. The van der Waals surface area contributed by atoms with Gasteiger partial charge in [0.2, 0.25) is 0 Å². The molecule has 50 heavy (non-hydrogen) atoms. The van der Waals surface area contributed by atoms with Gasteiger partial charge in [0.1, 0.15) is 0 Å². The first-order chi connectivity index (χ1) is 24.7. The first kappa shape index (κ1) is 41.3. The van der Waals surface area contributed by atoms with Crippen LogP contribution in [0.5, 0.6) is 0 Å². The molecule has 276 valence electrons. The van der Waals surface area contributed by atoms with Gasteiger partial charge in [-0.15, -0.1) is 45.3 Å². The molecule has 0 N–H and O–H groups in total. The maximum absolute atomic E-state index is 2.47. The van der Waals surface area contributed by atoms with Crippen LogP contribution in [0.15, 0.2) is 48.5 Å². The van der Waals surface area contributed by atoms with E-state index in [1.807, 2.05) is 0 Å². The van der Waals surface area contributed by atoms with E-state index in [-0.39, 0.29) is 0 Å². The first-order valence-electron chi connectivity index (χ1n) is 20.8. The quantitative estimate of drug-likeness (QED) is 0.0508. The molecule has 4 heteroatoms. The van der Waals surface area contributed by atoms with Gasteiger partial charge in [0, 0.05) is 50.2 Å². The van der Waals surface area contributed by atoms with E-state index in [1.54, 1.807) is 19.5 Å². The van der Waals surface area contributed by atoms with Gasteiger partial charge in [0.25, 0.3) is 0 Å². The maximum atomic E-state index is 2.47. The predicted molar refractivity (Wildman–Crippen MR) is 232 cm³/mol. The molecule has 0 bridgehead atoms. The van der Waals surface area contributed by atoms with Crippen molar-refractivity contribution in [3.63, 3.8) is 0 Å². The summed E-state index contributed by atoms with van der Waals surface area (Å²) in [6.07, 6.45) is 31.8. The molecule has 0 aliphatic carbocycles. The van der Waals surface area contributed by atoms with Crippen molar-refractivity contribution in [3.05, 3.63) is 87.5 Å². The summed E-state index contributed by atoms with van der Waals surface area (Å²) in [7, 11) is 0. The standard InChI is InChI=1S/C46H68S4/c1-5-9-13-17-21-25-37-29-33-41(47-37)45(42-34-30-38(48-42)26-22-18-14-10-6-2)46(43-35-31-39(49-43)27-23-19-15-11-7-3)44-36-32-40(50-44)28-24-20-16-12-8-4/h29-36H,5-28H2,1-4H3. The molecule has 0 radical (unpaired) electrons. The van der Waals surface area contributed by atoms with Crippen LogP contribution in [0.25, 0.3) is 11.1 Å². The molecule has 0 aliphatic heterocycles. The zero-order chi connectivity index (χ0) is 35.2. The van der Waals surface area contributed by atoms with Crippen LogP contribution >= 0.6 is 45.3 Å². The second-order valence-corrected chi connectivity index (χ2v) is 19.1. The van der Waals surface area contributed by atoms with Gasteiger partial charge in [-0.2, -0.15) is 0 Å². The Morgan fingerprint density at radius 3 is 0.740 bits per heavy atom. The summed E-state index contributed by atoms with van der Waals surface area (Å²) in [5, 5.41) is 0. The fourth-order valence-corrected chi connectivity index (χ4v) is 11.5. The minimum atomic E-state index is 1.22. The molecule has 0 atom stereocenters. The Hall–Kier alpha value is -1.46. The highest BCUT2D eigenvalue weighted by atomic mass is 32.1.